The highest BCUT2D eigenvalue weighted by Crippen LogP contribution is 2.24. The fourth-order valence-corrected chi connectivity index (χ4v) is 2.68. The number of rotatable bonds is 5. The van der Waals surface area contributed by atoms with E-state index in [1.165, 1.54) is 11.1 Å². The lowest BCUT2D eigenvalue weighted by Crippen LogP contribution is -2.18. The maximum atomic E-state index is 5.36. The molecule has 0 radical (unpaired) electrons. The summed E-state index contributed by atoms with van der Waals surface area (Å²) in [5.41, 5.74) is 2.43. The quantitative estimate of drug-likeness (QED) is 0.886. The van der Waals surface area contributed by atoms with Crippen molar-refractivity contribution in [2.24, 2.45) is 0 Å². The fourth-order valence-electron chi connectivity index (χ4n) is 2.05. The molecule has 0 heterocycles. The summed E-state index contributed by atoms with van der Waals surface area (Å²) in [5, 5.41) is 3.52. The second-order valence-corrected chi connectivity index (χ2v) is 5.29. The van der Waals surface area contributed by atoms with Crippen molar-refractivity contribution in [3.05, 3.63) is 64.1 Å². The molecule has 2 aromatic rings. The Morgan fingerprint density at radius 1 is 1.11 bits per heavy atom. The van der Waals surface area contributed by atoms with Crippen LogP contribution in [0.2, 0.25) is 0 Å². The first-order chi connectivity index (χ1) is 9.22. The largest absolute Gasteiger partial charge is 0.496 e. The maximum Gasteiger partial charge on any atom is 0.123 e. The number of benzene rings is 2. The zero-order valence-electron chi connectivity index (χ0n) is 11.2. The van der Waals surface area contributed by atoms with E-state index >= 15 is 0 Å². The van der Waals surface area contributed by atoms with E-state index in [9.17, 15) is 0 Å². The molecule has 1 atom stereocenters. The summed E-state index contributed by atoms with van der Waals surface area (Å²) in [5.74, 6) is 0.925. The van der Waals surface area contributed by atoms with E-state index in [0.717, 1.165) is 16.8 Å². The predicted molar refractivity (Wildman–Crippen MR) is 82.4 cm³/mol. The van der Waals surface area contributed by atoms with Gasteiger partial charge in [-0.2, -0.15) is 0 Å². The highest BCUT2D eigenvalue weighted by molar-refractivity contribution is 9.10. The van der Waals surface area contributed by atoms with Crippen LogP contribution in [0, 0.1) is 0 Å². The molecule has 0 aliphatic carbocycles. The molecule has 0 unspecified atom stereocenters. The lowest BCUT2D eigenvalue weighted by atomic mass is 10.1. The summed E-state index contributed by atoms with van der Waals surface area (Å²) in [4.78, 5) is 0. The third-order valence-electron chi connectivity index (χ3n) is 3.16. The van der Waals surface area contributed by atoms with E-state index in [-0.39, 0.29) is 6.04 Å². The first kappa shape index (κ1) is 14.1. The Labute approximate surface area is 122 Å². The maximum absolute atomic E-state index is 5.36. The Hall–Kier alpha value is -1.32. The smallest absolute Gasteiger partial charge is 0.123 e. The SMILES string of the molecule is COc1ccccc1CN[C@@H](C)c1ccccc1Br. The van der Waals surface area contributed by atoms with Crippen molar-refractivity contribution in [2.75, 3.05) is 7.11 Å². The molecule has 0 aliphatic heterocycles. The molecule has 0 fully saturated rings. The second kappa shape index (κ2) is 6.73. The molecule has 2 rings (SSSR count). The molecule has 0 saturated carbocycles. The summed E-state index contributed by atoms with van der Waals surface area (Å²) in [6.45, 7) is 2.95. The number of nitrogens with one attached hydrogen (secondary N) is 1. The standard InChI is InChI=1S/C16H18BrNO/c1-12(14-8-4-5-9-15(14)17)18-11-13-7-3-6-10-16(13)19-2/h3-10,12,18H,11H2,1-2H3/t12-/m0/s1. The molecule has 0 aromatic heterocycles. The molecule has 2 aromatic carbocycles. The van der Waals surface area contributed by atoms with Crippen LogP contribution < -0.4 is 10.1 Å². The molecular weight excluding hydrogens is 302 g/mol. The van der Waals surface area contributed by atoms with Crippen LogP contribution >= 0.6 is 15.9 Å². The molecule has 2 nitrogen and oxygen atoms in total. The van der Waals surface area contributed by atoms with E-state index < -0.39 is 0 Å². The third-order valence-corrected chi connectivity index (χ3v) is 3.89. The number of para-hydroxylation sites is 1. The number of ether oxygens (including phenoxy) is 1. The van der Waals surface area contributed by atoms with Crippen LogP contribution in [-0.2, 0) is 6.54 Å². The molecule has 0 spiro atoms. The molecule has 100 valence electrons. The van der Waals surface area contributed by atoms with Crippen molar-refractivity contribution in [3.63, 3.8) is 0 Å². The summed E-state index contributed by atoms with van der Waals surface area (Å²) in [6.07, 6.45) is 0. The van der Waals surface area contributed by atoms with Crippen molar-refractivity contribution in [1.82, 2.24) is 5.32 Å². The van der Waals surface area contributed by atoms with Crippen molar-refractivity contribution in [1.29, 1.82) is 0 Å². The Bertz CT molecular complexity index is 542. The van der Waals surface area contributed by atoms with Crippen molar-refractivity contribution >= 4 is 15.9 Å². The zero-order chi connectivity index (χ0) is 13.7. The predicted octanol–water partition coefficient (Wildman–Crippen LogP) is 4.31. The second-order valence-electron chi connectivity index (χ2n) is 4.44. The van der Waals surface area contributed by atoms with Gasteiger partial charge in [0.2, 0.25) is 0 Å². The Balaban J connectivity index is 2.04. The number of halogens is 1. The summed E-state index contributed by atoms with van der Waals surface area (Å²) in [7, 11) is 1.70. The Kier molecular flexibility index (Phi) is 5.00. The van der Waals surface area contributed by atoms with Crippen molar-refractivity contribution in [2.45, 2.75) is 19.5 Å². The summed E-state index contributed by atoms with van der Waals surface area (Å²) >= 11 is 3.59. The van der Waals surface area contributed by atoms with E-state index in [1.54, 1.807) is 7.11 Å². The van der Waals surface area contributed by atoms with Crippen LogP contribution in [0.1, 0.15) is 24.1 Å². The summed E-state index contributed by atoms with van der Waals surface area (Å²) < 4.78 is 6.49. The molecule has 0 saturated heterocycles. The van der Waals surface area contributed by atoms with Crippen molar-refractivity contribution < 1.29 is 4.74 Å². The number of methoxy groups -OCH3 is 1. The minimum Gasteiger partial charge on any atom is -0.496 e. The molecular formula is C16H18BrNO. The Morgan fingerprint density at radius 2 is 1.79 bits per heavy atom. The molecule has 0 bridgehead atoms. The normalized spacial score (nSPS) is 12.2. The highest BCUT2D eigenvalue weighted by Gasteiger charge is 2.09. The van der Waals surface area contributed by atoms with Crippen LogP contribution in [-0.4, -0.2) is 7.11 Å². The van der Waals surface area contributed by atoms with Gasteiger partial charge in [-0.05, 0) is 24.6 Å². The van der Waals surface area contributed by atoms with Gasteiger partial charge in [0.05, 0.1) is 7.11 Å². The minimum absolute atomic E-state index is 0.278. The van der Waals surface area contributed by atoms with Crippen LogP contribution in [0.5, 0.6) is 5.75 Å². The van der Waals surface area contributed by atoms with Gasteiger partial charge < -0.3 is 10.1 Å². The van der Waals surface area contributed by atoms with E-state index in [2.05, 4.69) is 52.4 Å². The third kappa shape index (κ3) is 3.58. The first-order valence-electron chi connectivity index (χ1n) is 6.32. The van der Waals surface area contributed by atoms with Crippen LogP contribution in [0.3, 0.4) is 0 Å². The molecule has 0 amide bonds. The lowest BCUT2D eigenvalue weighted by molar-refractivity contribution is 0.406. The van der Waals surface area contributed by atoms with E-state index in [0.29, 0.717) is 0 Å². The van der Waals surface area contributed by atoms with Gasteiger partial charge in [0.25, 0.3) is 0 Å². The number of hydrogen-bond donors (Lipinski definition) is 1. The number of hydrogen-bond acceptors (Lipinski definition) is 2. The average Bonchev–Trinajstić information content (AvgIpc) is 2.45. The van der Waals surface area contributed by atoms with Crippen LogP contribution in [0.25, 0.3) is 0 Å². The van der Waals surface area contributed by atoms with E-state index in [1.807, 2.05) is 24.3 Å². The van der Waals surface area contributed by atoms with Crippen LogP contribution in [0.15, 0.2) is 53.0 Å². The zero-order valence-corrected chi connectivity index (χ0v) is 12.8. The lowest BCUT2D eigenvalue weighted by Gasteiger charge is -2.17. The first-order valence-corrected chi connectivity index (χ1v) is 7.11. The summed E-state index contributed by atoms with van der Waals surface area (Å²) in [6, 6.07) is 16.6. The molecule has 1 N–H and O–H groups in total. The Morgan fingerprint density at radius 3 is 2.53 bits per heavy atom. The van der Waals surface area contributed by atoms with Gasteiger partial charge in [0, 0.05) is 22.6 Å². The monoisotopic (exact) mass is 319 g/mol. The fraction of sp³-hybridized carbons (Fsp3) is 0.250. The van der Waals surface area contributed by atoms with Gasteiger partial charge in [-0.15, -0.1) is 0 Å². The van der Waals surface area contributed by atoms with Gasteiger partial charge in [0.15, 0.2) is 0 Å². The highest BCUT2D eigenvalue weighted by atomic mass is 79.9. The van der Waals surface area contributed by atoms with Gasteiger partial charge >= 0.3 is 0 Å². The van der Waals surface area contributed by atoms with Gasteiger partial charge in [0.1, 0.15) is 5.75 Å². The van der Waals surface area contributed by atoms with Gasteiger partial charge in [-0.3, -0.25) is 0 Å². The van der Waals surface area contributed by atoms with Gasteiger partial charge in [-0.1, -0.05) is 52.3 Å². The average molecular weight is 320 g/mol. The van der Waals surface area contributed by atoms with Gasteiger partial charge in [-0.25, -0.2) is 0 Å². The molecule has 0 aliphatic rings. The molecule has 3 heteroatoms. The minimum atomic E-state index is 0.278. The van der Waals surface area contributed by atoms with Crippen molar-refractivity contribution in [3.8, 4) is 5.75 Å². The van der Waals surface area contributed by atoms with E-state index in [4.69, 9.17) is 4.74 Å². The molecule has 19 heavy (non-hydrogen) atoms. The van der Waals surface area contributed by atoms with Crippen LogP contribution in [0.4, 0.5) is 0 Å². The topological polar surface area (TPSA) is 21.3 Å².